The topological polar surface area (TPSA) is 64.0 Å². The van der Waals surface area contributed by atoms with Crippen molar-refractivity contribution in [3.8, 4) is 17.2 Å². The van der Waals surface area contributed by atoms with Gasteiger partial charge in [0.2, 0.25) is 0 Å². The zero-order valence-corrected chi connectivity index (χ0v) is 14.4. The molecule has 0 aliphatic heterocycles. The second-order valence-electron chi connectivity index (χ2n) is 5.31. The molecule has 0 spiro atoms. The van der Waals surface area contributed by atoms with Crippen molar-refractivity contribution in [3.05, 3.63) is 47.8 Å². The maximum atomic E-state index is 9.37. The van der Waals surface area contributed by atoms with Gasteiger partial charge >= 0.3 is 0 Å². The van der Waals surface area contributed by atoms with Crippen molar-refractivity contribution in [1.82, 2.24) is 9.88 Å². The average molecular weight is 332 g/mol. The number of pyridine rings is 1. The minimum absolute atomic E-state index is 0.0792. The first-order valence-corrected chi connectivity index (χ1v) is 7.72. The van der Waals surface area contributed by atoms with Crippen LogP contribution >= 0.6 is 0 Å². The predicted molar refractivity (Wildman–Crippen MR) is 91.5 cm³/mol. The summed E-state index contributed by atoms with van der Waals surface area (Å²) < 4.78 is 16.2. The third-order valence-electron chi connectivity index (χ3n) is 3.73. The largest absolute Gasteiger partial charge is 0.496 e. The maximum absolute atomic E-state index is 9.37. The van der Waals surface area contributed by atoms with E-state index in [0.717, 1.165) is 16.9 Å². The molecule has 2 rings (SSSR count). The van der Waals surface area contributed by atoms with E-state index in [9.17, 15) is 5.11 Å². The number of methoxy groups -OCH3 is 3. The molecule has 0 fully saturated rings. The van der Waals surface area contributed by atoms with E-state index in [1.165, 1.54) is 0 Å². The number of hydrogen-bond donors (Lipinski definition) is 1. The Bertz CT molecular complexity index is 634. The lowest BCUT2D eigenvalue weighted by Crippen LogP contribution is -2.26. The Labute approximate surface area is 142 Å². The van der Waals surface area contributed by atoms with E-state index in [1.807, 2.05) is 30.5 Å². The summed E-state index contributed by atoms with van der Waals surface area (Å²) in [5.74, 6) is 2.00. The number of ether oxygens (including phenoxy) is 3. The van der Waals surface area contributed by atoms with Gasteiger partial charge in [-0.2, -0.15) is 0 Å². The summed E-state index contributed by atoms with van der Waals surface area (Å²) in [5, 5.41) is 9.37. The first-order chi connectivity index (χ1) is 11.7. The summed E-state index contributed by atoms with van der Waals surface area (Å²) in [4.78, 5) is 6.26. The second-order valence-corrected chi connectivity index (χ2v) is 5.31. The number of benzene rings is 1. The van der Waals surface area contributed by atoms with Crippen LogP contribution in [0, 0.1) is 0 Å². The molecular weight excluding hydrogens is 308 g/mol. The van der Waals surface area contributed by atoms with E-state index in [1.54, 1.807) is 27.5 Å². The Balaban J connectivity index is 2.24. The maximum Gasteiger partial charge on any atom is 0.164 e. The smallest absolute Gasteiger partial charge is 0.164 e. The van der Waals surface area contributed by atoms with Crippen molar-refractivity contribution < 1.29 is 19.3 Å². The van der Waals surface area contributed by atoms with Crippen LogP contribution < -0.4 is 14.2 Å². The van der Waals surface area contributed by atoms with Crippen molar-refractivity contribution in [2.45, 2.75) is 13.1 Å². The van der Waals surface area contributed by atoms with Crippen molar-refractivity contribution >= 4 is 0 Å². The summed E-state index contributed by atoms with van der Waals surface area (Å²) in [6.07, 6.45) is 3.58. The van der Waals surface area contributed by atoms with Crippen molar-refractivity contribution in [3.63, 3.8) is 0 Å². The molecule has 0 amide bonds. The van der Waals surface area contributed by atoms with E-state index >= 15 is 0 Å². The Morgan fingerprint density at radius 3 is 2.29 bits per heavy atom. The molecule has 1 aromatic carbocycles. The van der Waals surface area contributed by atoms with Crippen LogP contribution in [0.4, 0.5) is 0 Å². The molecule has 24 heavy (non-hydrogen) atoms. The fourth-order valence-corrected chi connectivity index (χ4v) is 2.56. The Morgan fingerprint density at radius 2 is 1.71 bits per heavy atom. The zero-order valence-electron chi connectivity index (χ0n) is 14.4. The van der Waals surface area contributed by atoms with E-state index in [4.69, 9.17) is 14.2 Å². The van der Waals surface area contributed by atoms with E-state index in [2.05, 4.69) is 9.88 Å². The van der Waals surface area contributed by atoms with Gasteiger partial charge < -0.3 is 19.3 Å². The summed E-state index contributed by atoms with van der Waals surface area (Å²) in [6.45, 7) is 1.92. The predicted octanol–water partition coefficient (Wildman–Crippen LogP) is 2.10. The van der Waals surface area contributed by atoms with Crippen LogP contribution in [0.15, 0.2) is 36.7 Å². The fourth-order valence-electron chi connectivity index (χ4n) is 2.56. The van der Waals surface area contributed by atoms with Crippen LogP contribution in [0.5, 0.6) is 17.2 Å². The highest BCUT2D eigenvalue weighted by atomic mass is 16.5. The van der Waals surface area contributed by atoms with Crippen LogP contribution in [0.25, 0.3) is 0 Å². The summed E-state index contributed by atoms with van der Waals surface area (Å²) in [5.41, 5.74) is 2.05. The van der Waals surface area contributed by atoms with Gasteiger partial charge in [-0.1, -0.05) is 6.07 Å². The minimum Gasteiger partial charge on any atom is -0.496 e. The molecule has 0 radical (unpaired) electrons. The van der Waals surface area contributed by atoms with Crippen LogP contribution in [-0.2, 0) is 13.1 Å². The molecule has 0 aliphatic rings. The van der Waals surface area contributed by atoms with Crippen LogP contribution in [0.3, 0.4) is 0 Å². The van der Waals surface area contributed by atoms with Gasteiger partial charge in [-0.25, -0.2) is 0 Å². The molecule has 0 aliphatic carbocycles. The van der Waals surface area contributed by atoms with Crippen molar-refractivity contribution in [1.29, 1.82) is 0 Å². The van der Waals surface area contributed by atoms with Gasteiger partial charge in [0.15, 0.2) is 11.5 Å². The SMILES string of the molecule is COc1cc(OC)c(OC)cc1CN(CCO)Cc1cccnc1. The molecule has 1 aromatic heterocycles. The van der Waals surface area contributed by atoms with Crippen LogP contribution in [-0.4, -0.2) is 49.5 Å². The molecule has 6 nitrogen and oxygen atoms in total. The molecule has 0 atom stereocenters. The molecule has 130 valence electrons. The molecule has 6 heteroatoms. The highest BCUT2D eigenvalue weighted by Crippen LogP contribution is 2.35. The van der Waals surface area contributed by atoms with Gasteiger partial charge in [0, 0.05) is 43.7 Å². The molecule has 0 saturated carbocycles. The van der Waals surface area contributed by atoms with Crippen molar-refractivity contribution in [2.24, 2.45) is 0 Å². The summed E-state index contributed by atoms with van der Waals surface area (Å²) in [7, 11) is 4.83. The van der Waals surface area contributed by atoms with Gasteiger partial charge in [-0.05, 0) is 17.7 Å². The lowest BCUT2D eigenvalue weighted by Gasteiger charge is -2.23. The van der Waals surface area contributed by atoms with Crippen LogP contribution in [0.1, 0.15) is 11.1 Å². The van der Waals surface area contributed by atoms with Gasteiger partial charge in [0.05, 0.1) is 27.9 Å². The monoisotopic (exact) mass is 332 g/mol. The highest BCUT2D eigenvalue weighted by molar-refractivity contribution is 5.50. The number of aliphatic hydroxyl groups is 1. The average Bonchev–Trinajstić information content (AvgIpc) is 2.62. The standard InChI is InChI=1S/C18H24N2O4/c1-22-16-10-18(24-3)17(23-2)9-15(16)13-20(7-8-21)12-14-5-4-6-19-11-14/h4-6,9-11,21H,7-8,12-13H2,1-3H3. The third-order valence-corrected chi connectivity index (χ3v) is 3.73. The van der Waals surface area contributed by atoms with Gasteiger partial charge in [0.25, 0.3) is 0 Å². The van der Waals surface area contributed by atoms with E-state index in [0.29, 0.717) is 31.1 Å². The lowest BCUT2D eigenvalue weighted by molar-refractivity contribution is 0.182. The molecule has 0 saturated heterocycles. The van der Waals surface area contributed by atoms with E-state index < -0.39 is 0 Å². The van der Waals surface area contributed by atoms with E-state index in [-0.39, 0.29) is 6.61 Å². The lowest BCUT2D eigenvalue weighted by atomic mass is 10.1. The quantitative estimate of drug-likeness (QED) is 0.759. The number of rotatable bonds is 9. The van der Waals surface area contributed by atoms with Crippen molar-refractivity contribution in [2.75, 3.05) is 34.5 Å². The van der Waals surface area contributed by atoms with Gasteiger partial charge in [-0.15, -0.1) is 0 Å². The Hall–Kier alpha value is -2.31. The Kier molecular flexibility index (Phi) is 6.84. The van der Waals surface area contributed by atoms with Gasteiger partial charge in [0.1, 0.15) is 5.75 Å². The number of aliphatic hydroxyl groups excluding tert-OH is 1. The molecule has 0 unspecified atom stereocenters. The first kappa shape index (κ1) is 18.0. The number of hydrogen-bond acceptors (Lipinski definition) is 6. The van der Waals surface area contributed by atoms with Crippen LogP contribution in [0.2, 0.25) is 0 Å². The minimum atomic E-state index is 0.0792. The number of nitrogens with zero attached hydrogens (tertiary/aromatic N) is 2. The summed E-state index contributed by atoms with van der Waals surface area (Å²) in [6, 6.07) is 7.65. The molecule has 1 heterocycles. The third kappa shape index (κ3) is 4.59. The van der Waals surface area contributed by atoms with Gasteiger partial charge in [-0.3, -0.25) is 9.88 Å². The molecule has 2 aromatic rings. The normalized spacial score (nSPS) is 10.7. The zero-order chi connectivity index (χ0) is 17.4. The second kappa shape index (κ2) is 9.10. The highest BCUT2D eigenvalue weighted by Gasteiger charge is 2.15. The summed E-state index contributed by atoms with van der Waals surface area (Å²) >= 11 is 0. The fraction of sp³-hybridized carbons (Fsp3) is 0.389. The first-order valence-electron chi connectivity index (χ1n) is 7.72. The number of aromatic nitrogens is 1. The molecule has 1 N–H and O–H groups in total. The Morgan fingerprint density at radius 1 is 1.00 bits per heavy atom. The molecular formula is C18H24N2O4. The molecule has 0 bridgehead atoms.